The van der Waals surface area contributed by atoms with Crippen LogP contribution in [0.1, 0.15) is 10.4 Å². The number of nitrogens with one attached hydrogen (secondary N) is 1. The average molecular weight is 284 g/mol. The van der Waals surface area contributed by atoms with E-state index in [2.05, 4.69) is 20.9 Å². The first-order valence-corrected chi connectivity index (χ1v) is 5.50. The predicted octanol–water partition coefficient (Wildman–Crippen LogP) is 1.27. The largest absolute Gasteiger partial charge is 0.417 e. The Kier molecular flexibility index (Phi) is 2.74. The minimum absolute atomic E-state index is 0.0220. The van der Waals surface area contributed by atoms with E-state index in [1.807, 2.05) is 0 Å². The molecule has 0 radical (unpaired) electrons. The first kappa shape index (κ1) is 10.8. The topological polar surface area (TPSA) is 80.1 Å². The molecule has 1 N–H and O–H groups in total. The summed E-state index contributed by atoms with van der Waals surface area (Å²) in [5.41, 5.74) is 0.986. The molecule has 1 aromatic carbocycles. The van der Waals surface area contributed by atoms with Gasteiger partial charge >= 0.3 is 5.76 Å². The van der Waals surface area contributed by atoms with Crippen molar-refractivity contribution < 1.29 is 14.0 Å². The van der Waals surface area contributed by atoms with E-state index in [1.54, 1.807) is 0 Å². The van der Waals surface area contributed by atoms with Crippen molar-refractivity contribution in [2.24, 2.45) is 0 Å². The molecule has 1 heterocycles. The summed E-state index contributed by atoms with van der Waals surface area (Å²) in [5, 5.41) is -0.0220. The fourth-order valence-corrected chi connectivity index (χ4v) is 1.57. The molecule has 0 aliphatic carbocycles. The Hall–Kier alpha value is -1.69. The lowest BCUT2D eigenvalue weighted by Crippen LogP contribution is -2.14. The molecule has 0 saturated heterocycles. The lowest BCUT2D eigenvalue weighted by Gasteiger charge is -1.96. The Labute approximate surface area is 97.6 Å². The van der Waals surface area contributed by atoms with Crippen molar-refractivity contribution in [1.29, 1.82) is 0 Å². The second-order valence-electron chi connectivity index (χ2n) is 3.11. The van der Waals surface area contributed by atoms with Crippen molar-refractivity contribution >= 4 is 38.6 Å². The van der Waals surface area contributed by atoms with Crippen LogP contribution >= 0.6 is 15.9 Å². The van der Waals surface area contributed by atoms with E-state index in [0.29, 0.717) is 11.1 Å². The number of Topliss-reactive ketones (excluding diaryl/α,β-unsaturated/α-hetero) is 2. The molecule has 0 aliphatic rings. The molecule has 82 valence electrons. The number of alkyl halides is 1. The Morgan fingerprint density at radius 3 is 2.81 bits per heavy atom. The average Bonchev–Trinajstić information content (AvgIpc) is 2.65. The number of hydrogen-bond acceptors (Lipinski definition) is 4. The molecule has 0 saturated carbocycles. The number of hydrogen-bond donors (Lipinski definition) is 1. The number of carbonyl (C=O) groups excluding carboxylic acids is 2. The molecule has 0 unspecified atom stereocenters. The first-order chi connectivity index (χ1) is 7.61. The minimum Gasteiger partial charge on any atom is -0.408 e. The number of aromatic nitrogens is 1. The number of halogens is 1. The Morgan fingerprint density at radius 2 is 2.12 bits per heavy atom. The normalized spacial score (nSPS) is 10.6. The molecule has 1 aromatic heterocycles. The van der Waals surface area contributed by atoms with Gasteiger partial charge in [0.2, 0.25) is 11.6 Å². The molecule has 0 spiro atoms. The number of oxazole rings is 1. The zero-order chi connectivity index (χ0) is 11.7. The van der Waals surface area contributed by atoms with Crippen LogP contribution in [0.4, 0.5) is 0 Å². The van der Waals surface area contributed by atoms with Gasteiger partial charge in [-0.15, -0.1) is 0 Å². The summed E-state index contributed by atoms with van der Waals surface area (Å²) in [4.78, 5) is 36.0. The van der Waals surface area contributed by atoms with Crippen LogP contribution < -0.4 is 5.76 Å². The fraction of sp³-hybridized carbons (Fsp3) is 0.100. The lowest BCUT2D eigenvalue weighted by molar-refractivity contribution is -0.112. The van der Waals surface area contributed by atoms with Crippen LogP contribution in [-0.2, 0) is 4.79 Å². The molecular formula is C10H6BrNO4. The van der Waals surface area contributed by atoms with Gasteiger partial charge in [0.15, 0.2) is 5.58 Å². The number of benzene rings is 1. The quantitative estimate of drug-likeness (QED) is 0.523. The molecule has 2 rings (SSSR count). The van der Waals surface area contributed by atoms with Crippen LogP contribution in [0, 0.1) is 0 Å². The van der Waals surface area contributed by atoms with Crippen LogP contribution in [0.25, 0.3) is 11.1 Å². The molecule has 0 amide bonds. The third-order valence-electron chi connectivity index (χ3n) is 2.06. The van der Waals surface area contributed by atoms with Gasteiger partial charge in [0, 0.05) is 5.56 Å². The predicted molar refractivity (Wildman–Crippen MR) is 60.0 cm³/mol. The van der Waals surface area contributed by atoms with Gasteiger partial charge in [-0.25, -0.2) is 4.79 Å². The molecule has 16 heavy (non-hydrogen) atoms. The summed E-state index contributed by atoms with van der Waals surface area (Å²) < 4.78 is 4.77. The number of carbonyl (C=O) groups is 2. The Bertz CT molecular complexity index is 625. The molecule has 5 nitrogen and oxygen atoms in total. The fourth-order valence-electron chi connectivity index (χ4n) is 1.31. The molecular weight excluding hydrogens is 278 g/mol. The number of rotatable bonds is 3. The monoisotopic (exact) mass is 283 g/mol. The summed E-state index contributed by atoms with van der Waals surface area (Å²) in [6.45, 7) is 0. The molecule has 0 bridgehead atoms. The number of ketones is 2. The highest BCUT2D eigenvalue weighted by molar-refractivity contribution is 9.09. The van der Waals surface area contributed by atoms with Gasteiger partial charge in [0.05, 0.1) is 10.8 Å². The van der Waals surface area contributed by atoms with Crippen molar-refractivity contribution in [3.05, 3.63) is 34.3 Å². The van der Waals surface area contributed by atoms with Crippen LogP contribution in [0.5, 0.6) is 0 Å². The Balaban J connectivity index is 2.50. The highest BCUT2D eigenvalue weighted by Gasteiger charge is 2.15. The summed E-state index contributed by atoms with van der Waals surface area (Å²) in [7, 11) is 0. The standard InChI is InChI=1S/C10H6BrNO4/c11-4-7(13)9(14)5-1-2-8-6(3-5)12-10(15)16-8/h1-3H,4H2,(H,12,15). The zero-order valence-corrected chi connectivity index (χ0v) is 9.54. The molecule has 2 aromatic rings. The second kappa shape index (κ2) is 4.05. The highest BCUT2D eigenvalue weighted by Crippen LogP contribution is 2.13. The van der Waals surface area contributed by atoms with E-state index in [0.717, 1.165) is 0 Å². The van der Waals surface area contributed by atoms with Gasteiger partial charge in [-0.1, -0.05) is 15.9 Å². The van der Waals surface area contributed by atoms with Crippen LogP contribution in [0.3, 0.4) is 0 Å². The number of fused-ring (bicyclic) bond motifs is 1. The SMILES string of the molecule is O=C(CBr)C(=O)c1ccc2oc(=O)[nH]c2c1. The summed E-state index contributed by atoms with van der Waals surface area (Å²) in [5.74, 6) is -1.72. The Morgan fingerprint density at radius 1 is 1.38 bits per heavy atom. The number of H-pyrrole nitrogens is 1. The molecule has 0 atom stereocenters. The van der Waals surface area contributed by atoms with E-state index in [1.165, 1.54) is 18.2 Å². The lowest BCUT2D eigenvalue weighted by atomic mass is 10.1. The van der Waals surface area contributed by atoms with Crippen molar-refractivity contribution in [3.63, 3.8) is 0 Å². The van der Waals surface area contributed by atoms with E-state index < -0.39 is 17.3 Å². The van der Waals surface area contributed by atoms with Crippen molar-refractivity contribution in [2.75, 3.05) is 5.33 Å². The van der Waals surface area contributed by atoms with Crippen LogP contribution in [0.2, 0.25) is 0 Å². The number of aromatic amines is 1. The van der Waals surface area contributed by atoms with Gasteiger partial charge in [-0.3, -0.25) is 14.6 Å². The van der Waals surface area contributed by atoms with Crippen molar-refractivity contribution in [2.45, 2.75) is 0 Å². The molecule has 6 heteroatoms. The van der Waals surface area contributed by atoms with E-state index in [9.17, 15) is 14.4 Å². The second-order valence-corrected chi connectivity index (χ2v) is 3.67. The van der Waals surface area contributed by atoms with Crippen molar-refractivity contribution in [1.82, 2.24) is 4.98 Å². The highest BCUT2D eigenvalue weighted by atomic mass is 79.9. The summed E-state index contributed by atoms with van der Waals surface area (Å²) in [6.07, 6.45) is 0. The first-order valence-electron chi connectivity index (χ1n) is 4.38. The van der Waals surface area contributed by atoms with Gasteiger partial charge in [-0.2, -0.15) is 0 Å². The van der Waals surface area contributed by atoms with Crippen LogP contribution in [0.15, 0.2) is 27.4 Å². The van der Waals surface area contributed by atoms with E-state index >= 15 is 0 Å². The van der Waals surface area contributed by atoms with Gasteiger partial charge in [0.1, 0.15) is 0 Å². The third-order valence-corrected chi connectivity index (χ3v) is 2.57. The van der Waals surface area contributed by atoms with Crippen LogP contribution in [-0.4, -0.2) is 21.9 Å². The van der Waals surface area contributed by atoms with Crippen molar-refractivity contribution in [3.8, 4) is 0 Å². The summed E-state index contributed by atoms with van der Waals surface area (Å²) >= 11 is 2.92. The van der Waals surface area contributed by atoms with Gasteiger partial charge in [0.25, 0.3) is 0 Å². The molecule has 0 aliphatic heterocycles. The third kappa shape index (κ3) is 1.83. The minimum atomic E-state index is -0.596. The van der Waals surface area contributed by atoms with Gasteiger partial charge < -0.3 is 4.42 Å². The molecule has 0 fully saturated rings. The maximum atomic E-state index is 11.5. The zero-order valence-electron chi connectivity index (χ0n) is 7.95. The maximum absolute atomic E-state index is 11.5. The van der Waals surface area contributed by atoms with Gasteiger partial charge in [-0.05, 0) is 18.2 Å². The smallest absolute Gasteiger partial charge is 0.408 e. The maximum Gasteiger partial charge on any atom is 0.417 e. The summed E-state index contributed by atoms with van der Waals surface area (Å²) in [6, 6.07) is 4.34. The van der Waals surface area contributed by atoms with E-state index in [4.69, 9.17) is 4.42 Å². The van der Waals surface area contributed by atoms with E-state index in [-0.39, 0.29) is 10.9 Å².